The molecule has 0 spiro atoms. The summed E-state index contributed by atoms with van der Waals surface area (Å²) < 4.78 is 1.54. The van der Waals surface area contributed by atoms with E-state index in [2.05, 4.69) is 11.1 Å². The highest BCUT2D eigenvalue weighted by molar-refractivity contribution is 5.87. The Hall–Kier alpha value is -3.72. The first-order chi connectivity index (χ1) is 12.6. The van der Waals surface area contributed by atoms with E-state index in [1.807, 2.05) is 12.1 Å². The minimum Gasteiger partial charge on any atom is -0.478 e. The summed E-state index contributed by atoms with van der Waals surface area (Å²) >= 11 is 0. The second-order valence-corrected chi connectivity index (χ2v) is 5.83. The minimum absolute atomic E-state index is 0.128. The SMILES string of the molecule is N#Cc1cc(Cc2cncc(C(=O)O)c2)ccc1Cn1ccccc1=O. The van der Waals surface area contributed by atoms with E-state index in [0.717, 1.165) is 16.7 Å². The van der Waals surface area contributed by atoms with Crippen molar-refractivity contribution in [2.24, 2.45) is 0 Å². The fourth-order valence-electron chi connectivity index (χ4n) is 2.69. The fourth-order valence-corrected chi connectivity index (χ4v) is 2.69. The van der Waals surface area contributed by atoms with Crippen molar-refractivity contribution in [1.29, 1.82) is 5.26 Å². The first-order valence-electron chi connectivity index (χ1n) is 7.91. The van der Waals surface area contributed by atoms with Gasteiger partial charge < -0.3 is 9.67 Å². The maximum atomic E-state index is 11.8. The third-order valence-corrected chi connectivity index (χ3v) is 3.98. The van der Waals surface area contributed by atoms with E-state index in [1.165, 1.54) is 16.8 Å². The van der Waals surface area contributed by atoms with Crippen LogP contribution in [0.4, 0.5) is 0 Å². The number of hydrogen-bond donors (Lipinski definition) is 1. The summed E-state index contributed by atoms with van der Waals surface area (Å²) in [7, 11) is 0. The molecule has 0 unspecified atom stereocenters. The lowest BCUT2D eigenvalue weighted by Crippen LogP contribution is -2.18. The molecule has 2 aromatic heterocycles. The van der Waals surface area contributed by atoms with Crippen LogP contribution in [-0.2, 0) is 13.0 Å². The van der Waals surface area contributed by atoms with Crippen LogP contribution >= 0.6 is 0 Å². The molecule has 0 aliphatic carbocycles. The number of pyridine rings is 2. The van der Waals surface area contributed by atoms with E-state index in [0.29, 0.717) is 18.5 Å². The molecule has 3 rings (SSSR count). The van der Waals surface area contributed by atoms with Gasteiger partial charge in [-0.1, -0.05) is 18.2 Å². The third-order valence-electron chi connectivity index (χ3n) is 3.98. The van der Waals surface area contributed by atoms with Crippen LogP contribution in [0.5, 0.6) is 0 Å². The zero-order chi connectivity index (χ0) is 18.5. The summed E-state index contributed by atoms with van der Waals surface area (Å²) in [5.41, 5.74) is 2.86. The van der Waals surface area contributed by atoms with Crippen molar-refractivity contribution in [3.05, 3.63) is 99.2 Å². The van der Waals surface area contributed by atoms with Crippen molar-refractivity contribution in [1.82, 2.24) is 9.55 Å². The molecule has 0 radical (unpaired) electrons. The number of carboxylic acids is 1. The molecule has 6 nitrogen and oxygen atoms in total. The highest BCUT2D eigenvalue weighted by Gasteiger charge is 2.08. The van der Waals surface area contributed by atoms with Gasteiger partial charge in [0.25, 0.3) is 5.56 Å². The molecular formula is C20H15N3O3. The lowest BCUT2D eigenvalue weighted by atomic mass is 9.99. The number of hydrogen-bond acceptors (Lipinski definition) is 4. The molecule has 26 heavy (non-hydrogen) atoms. The molecule has 3 aromatic rings. The van der Waals surface area contributed by atoms with Crippen LogP contribution < -0.4 is 5.56 Å². The highest BCUT2D eigenvalue weighted by Crippen LogP contribution is 2.16. The number of aromatic nitrogens is 2. The molecule has 0 bridgehead atoms. The van der Waals surface area contributed by atoms with Gasteiger partial charge in [-0.25, -0.2) is 4.79 Å². The Bertz CT molecular complexity index is 1060. The van der Waals surface area contributed by atoms with Crippen LogP contribution in [0.15, 0.2) is 65.8 Å². The zero-order valence-corrected chi connectivity index (χ0v) is 13.8. The summed E-state index contributed by atoms with van der Waals surface area (Å²) in [4.78, 5) is 26.8. The van der Waals surface area contributed by atoms with Crippen LogP contribution in [0.2, 0.25) is 0 Å². The molecule has 0 saturated carbocycles. The van der Waals surface area contributed by atoms with Gasteiger partial charge in [0, 0.05) is 24.7 Å². The monoisotopic (exact) mass is 345 g/mol. The summed E-state index contributed by atoms with van der Waals surface area (Å²) in [6.45, 7) is 0.318. The maximum Gasteiger partial charge on any atom is 0.337 e. The third kappa shape index (κ3) is 3.84. The average molecular weight is 345 g/mol. The molecule has 0 atom stereocenters. The standard InChI is InChI=1S/C20H15N3O3/c21-10-17-8-14(7-15-9-18(20(25)26)12-22-11-15)4-5-16(17)13-23-6-2-1-3-19(23)24/h1-6,8-9,11-12H,7,13H2,(H,25,26). The normalized spacial score (nSPS) is 10.3. The van der Waals surface area contributed by atoms with Gasteiger partial charge in [-0.05, 0) is 41.3 Å². The van der Waals surface area contributed by atoms with Crippen LogP contribution in [0.25, 0.3) is 0 Å². The largest absolute Gasteiger partial charge is 0.478 e. The van der Waals surface area contributed by atoms with Crippen molar-refractivity contribution in [3.8, 4) is 6.07 Å². The summed E-state index contributed by atoms with van der Waals surface area (Å²) in [5, 5.41) is 18.5. The number of aromatic carboxylic acids is 1. The Morgan fingerprint density at radius 3 is 2.73 bits per heavy atom. The Kier molecular flexibility index (Phi) is 4.90. The van der Waals surface area contributed by atoms with Crippen molar-refractivity contribution in [2.45, 2.75) is 13.0 Å². The van der Waals surface area contributed by atoms with Gasteiger partial charge in [-0.3, -0.25) is 9.78 Å². The number of carbonyl (C=O) groups is 1. The molecule has 128 valence electrons. The average Bonchev–Trinajstić information content (AvgIpc) is 2.65. The summed E-state index contributed by atoms with van der Waals surface area (Å²) in [5.74, 6) is -1.03. The highest BCUT2D eigenvalue weighted by atomic mass is 16.4. The molecule has 6 heteroatoms. The minimum atomic E-state index is -1.03. The molecule has 1 aromatic carbocycles. The van der Waals surface area contributed by atoms with Crippen molar-refractivity contribution >= 4 is 5.97 Å². The molecule has 2 heterocycles. The van der Waals surface area contributed by atoms with Crippen LogP contribution in [0.3, 0.4) is 0 Å². The van der Waals surface area contributed by atoms with Gasteiger partial charge in [0.15, 0.2) is 0 Å². The molecule has 0 aliphatic rings. The Balaban J connectivity index is 1.86. The lowest BCUT2D eigenvalue weighted by Gasteiger charge is -2.09. The Morgan fingerprint density at radius 1 is 1.15 bits per heavy atom. The van der Waals surface area contributed by atoms with Gasteiger partial charge in [-0.15, -0.1) is 0 Å². The van der Waals surface area contributed by atoms with Gasteiger partial charge in [0.2, 0.25) is 0 Å². The lowest BCUT2D eigenvalue weighted by molar-refractivity contribution is 0.0696. The van der Waals surface area contributed by atoms with Gasteiger partial charge in [0.05, 0.1) is 23.7 Å². The van der Waals surface area contributed by atoms with E-state index < -0.39 is 5.97 Å². The Labute approximate surface area is 149 Å². The topological polar surface area (TPSA) is 96.0 Å². The number of nitriles is 1. The molecule has 0 aliphatic heterocycles. The van der Waals surface area contributed by atoms with Crippen molar-refractivity contribution in [2.75, 3.05) is 0 Å². The van der Waals surface area contributed by atoms with E-state index in [-0.39, 0.29) is 11.1 Å². The number of benzene rings is 1. The smallest absolute Gasteiger partial charge is 0.337 e. The number of nitrogens with zero attached hydrogens (tertiary/aromatic N) is 3. The predicted molar refractivity (Wildman–Crippen MR) is 95.0 cm³/mol. The van der Waals surface area contributed by atoms with Crippen LogP contribution in [0.1, 0.15) is 32.6 Å². The Morgan fingerprint density at radius 2 is 2.00 bits per heavy atom. The van der Waals surface area contributed by atoms with Gasteiger partial charge in [-0.2, -0.15) is 5.26 Å². The second-order valence-electron chi connectivity index (χ2n) is 5.83. The summed E-state index contributed by atoms with van der Waals surface area (Å²) in [6, 6.07) is 14.1. The van der Waals surface area contributed by atoms with E-state index in [9.17, 15) is 14.9 Å². The maximum absolute atomic E-state index is 11.8. The molecular weight excluding hydrogens is 330 g/mol. The zero-order valence-electron chi connectivity index (χ0n) is 13.8. The molecule has 0 amide bonds. The first-order valence-corrected chi connectivity index (χ1v) is 7.91. The van der Waals surface area contributed by atoms with E-state index in [1.54, 1.807) is 36.7 Å². The van der Waals surface area contributed by atoms with Crippen molar-refractivity contribution in [3.63, 3.8) is 0 Å². The fraction of sp³-hybridized carbons (Fsp3) is 0.100. The van der Waals surface area contributed by atoms with E-state index in [4.69, 9.17) is 5.11 Å². The second kappa shape index (κ2) is 7.45. The molecule has 0 fully saturated rings. The quantitative estimate of drug-likeness (QED) is 0.766. The number of carboxylic acid groups (broad SMARTS) is 1. The van der Waals surface area contributed by atoms with Crippen molar-refractivity contribution < 1.29 is 9.90 Å². The van der Waals surface area contributed by atoms with Gasteiger partial charge >= 0.3 is 5.97 Å². The predicted octanol–water partition coefficient (Wildman–Crippen LogP) is 2.45. The molecule has 0 saturated heterocycles. The summed E-state index contributed by atoms with van der Waals surface area (Å²) in [6.07, 6.45) is 5.05. The van der Waals surface area contributed by atoms with E-state index >= 15 is 0 Å². The van der Waals surface area contributed by atoms with Crippen LogP contribution in [0, 0.1) is 11.3 Å². The van der Waals surface area contributed by atoms with Gasteiger partial charge in [0.1, 0.15) is 0 Å². The number of rotatable bonds is 5. The first kappa shape index (κ1) is 17.1. The molecule has 1 N–H and O–H groups in total. The van der Waals surface area contributed by atoms with Crippen LogP contribution in [-0.4, -0.2) is 20.6 Å².